The van der Waals surface area contributed by atoms with Crippen LogP contribution in [0.2, 0.25) is 0 Å². The largest absolute Gasteiger partial charge is 0.494 e. The summed E-state index contributed by atoms with van der Waals surface area (Å²) in [6.45, 7) is 5.28. The molecule has 0 saturated carbocycles. The van der Waals surface area contributed by atoms with Crippen molar-refractivity contribution >= 4 is 17.3 Å². The Morgan fingerprint density at radius 2 is 1.30 bits per heavy atom. The third kappa shape index (κ3) is 6.39. The van der Waals surface area contributed by atoms with Crippen molar-refractivity contribution in [2.75, 3.05) is 56.3 Å². The average molecular weight is 413 g/mol. The highest BCUT2D eigenvalue weighted by atomic mass is 16.5. The van der Waals surface area contributed by atoms with Gasteiger partial charge in [0.25, 0.3) is 0 Å². The van der Waals surface area contributed by atoms with Crippen molar-refractivity contribution < 1.29 is 19.4 Å². The van der Waals surface area contributed by atoms with Gasteiger partial charge in [-0.05, 0) is 67.8 Å². The number of ether oxygens (including phenoxy) is 2. The van der Waals surface area contributed by atoms with E-state index in [1.54, 1.807) is 19.2 Å². The molecule has 1 aliphatic rings. The van der Waals surface area contributed by atoms with Gasteiger partial charge in [-0.15, -0.1) is 0 Å². The van der Waals surface area contributed by atoms with E-state index in [1.807, 2.05) is 12.1 Å². The lowest BCUT2D eigenvalue weighted by atomic mass is 10.1. The highest BCUT2D eigenvalue weighted by Crippen LogP contribution is 2.23. The Bertz CT molecular complexity index is 769. The van der Waals surface area contributed by atoms with Crippen LogP contribution < -0.4 is 14.5 Å². The van der Waals surface area contributed by atoms with Gasteiger partial charge in [0.05, 0.1) is 12.2 Å². The molecule has 2 aromatic rings. The molecule has 1 aliphatic heterocycles. The number of piperazine rings is 1. The minimum absolute atomic E-state index is 0.325. The number of rotatable bonds is 11. The maximum Gasteiger partial charge on any atom is 0.335 e. The van der Waals surface area contributed by atoms with Gasteiger partial charge in [0.15, 0.2) is 0 Å². The third-order valence-corrected chi connectivity index (χ3v) is 5.47. The highest BCUT2D eigenvalue weighted by molar-refractivity contribution is 5.88. The first-order chi connectivity index (χ1) is 14.7. The van der Waals surface area contributed by atoms with Crippen LogP contribution in [0.15, 0.2) is 48.5 Å². The van der Waals surface area contributed by atoms with E-state index in [0.29, 0.717) is 5.56 Å². The summed E-state index contributed by atoms with van der Waals surface area (Å²) in [6, 6.07) is 15.5. The molecule has 2 aromatic carbocycles. The molecule has 6 heteroatoms. The predicted octanol–water partition coefficient (Wildman–Crippen LogP) is 4.30. The predicted molar refractivity (Wildman–Crippen MR) is 120 cm³/mol. The van der Waals surface area contributed by atoms with Crippen molar-refractivity contribution in [1.29, 1.82) is 0 Å². The van der Waals surface area contributed by atoms with Gasteiger partial charge in [0.2, 0.25) is 0 Å². The first kappa shape index (κ1) is 22.0. The summed E-state index contributed by atoms with van der Waals surface area (Å²) >= 11 is 0. The van der Waals surface area contributed by atoms with E-state index in [1.165, 1.54) is 18.5 Å². The molecule has 0 aromatic heterocycles. The molecular weight excluding hydrogens is 380 g/mol. The van der Waals surface area contributed by atoms with E-state index >= 15 is 0 Å². The fraction of sp³-hybridized carbons (Fsp3) is 0.458. The van der Waals surface area contributed by atoms with Crippen LogP contribution in [0, 0.1) is 0 Å². The Morgan fingerprint density at radius 3 is 1.80 bits per heavy atom. The van der Waals surface area contributed by atoms with Crippen LogP contribution in [0.3, 0.4) is 0 Å². The lowest BCUT2D eigenvalue weighted by molar-refractivity contribution is 0.0697. The number of carbonyl (C=O) groups is 1. The number of carboxylic acids is 1. The zero-order valence-corrected chi connectivity index (χ0v) is 17.8. The molecule has 0 bridgehead atoms. The van der Waals surface area contributed by atoms with Gasteiger partial charge >= 0.3 is 5.97 Å². The van der Waals surface area contributed by atoms with Crippen LogP contribution in [0.5, 0.6) is 5.75 Å². The fourth-order valence-corrected chi connectivity index (χ4v) is 3.68. The van der Waals surface area contributed by atoms with Crippen molar-refractivity contribution in [3.8, 4) is 5.75 Å². The molecule has 1 fully saturated rings. The monoisotopic (exact) mass is 412 g/mol. The number of benzene rings is 2. The zero-order chi connectivity index (χ0) is 21.2. The van der Waals surface area contributed by atoms with Crippen LogP contribution in [0.1, 0.15) is 36.0 Å². The average Bonchev–Trinajstić information content (AvgIpc) is 2.79. The first-order valence-electron chi connectivity index (χ1n) is 10.7. The summed E-state index contributed by atoms with van der Waals surface area (Å²) in [5.74, 6) is 0.0358. The van der Waals surface area contributed by atoms with E-state index in [0.717, 1.165) is 63.7 Å². The molecule has 0 amide bonds. The number of methoxy groups -OCH3 is 1. The van der Waals surface area contributed by atoms with Gasteiger partial charge in [0, 0.05) is 51.3 Å². The molecule has 1 N–H and O–H groups in total. The number of carboxylic acid groups (broad SMARTS) is 1. The summed E-state index contributed by atoms with van der Waals surface area (Å²) in [5, 5.41) is 9.03. The van der Waals surface area contributed by atoms with Crippen LogP contribution in [0.25, 0.3) is 0 Å². The zero-order valence-electron chi connectivity index (χ0n) is 17.8. The van der Waals surface area contributed by atoms with Gasteiger partial charge in [-0.2, -0.15) is 0 Å². The summed E-state index contributed by atoms with van der Waals surface area (Å²) in [7, 11) is 1.74. The Hall–Kier alpha value is -2.73. The number of anilines is 2. The fourth-order valence-electron chi connectivity index (χ4n) is 3.68. The normalized spacial score (nSPS) is 14.0. The second kappa shape index (κ2) is 11.5. The van der Waals surface area contributed by atoms with Gasteiger partial charge in [-0.1, -0.05) is 6.42 Å². The molecule has 30 heavy (non-hydrogen) atoms. The number of unbranched alkanes of at least 4 members (excludes halogenated alkanes) is 3. The summed E-state index contributed by atoms with van der Waals surface area (Å²) < 4.78 is 10.9. The molecule has 3 rings (SSSR count). The van der Waals surface area contributed by atoms with Crippen LogP contribution in [-0.4, -0.2) is 57.6 Å². The second-order valence-electron chi connectivity index (χ2n) is 7.58. The molecule has 0 aliphatic carbocycles. The van der Waals surface area contributed by atoms with Crippen molar-refractivity contribution in [3.05, 3.63) is 54.1 Å². The molecule has 162 valence electrons. The Balaban J connectivity index is 1.40. The van der Waals surface area contributed by atoms with Gasteiger partial charge < -0.3 is 24.4 Å². The molecule has 1 heterocycles. The Kier molecular flexibility index (Phi) is 8.39. The van der Waals surface area contributed by atoms with Crippen molar-refractivity contribution in [1.82, 2.24) is 0 Å². The summed E-state index contributed by atoms with van der Waals surface area (Å²) in [4.78, 5) is 15.7. The minimum atomic E-state index is -0.888. The van der Waals surface area contributed by atoms with E-state index < -0.39 is 5.97 Å². The van der Waals surface area contributed by atoms with Crippen LogP contribution in [-0.2, 0) is 4.74 Å². The van der Waals surface area contributed by atoms with E-state index in [4.69, 9.17) is 14.6 Å². The maximum atomic E-state index is 11.0. The lowest BCUT2D eigenvalue weighted by Gasteiger charge is -2.37. The topological polar surface area (TPSA) is 62.2 Å². The smallest absolute Gasteiger partial charge is 0.335 e. The summed E-state index contributed by atoms with van der Waals surface area (Å²) in [5.41, 5.74) is 2.61. The number of aromatic carboxylic acids is 1. The second-order valence-corrected chi connectivity index (χ2v) is 7.58. The molecule has 0 unspecified atom stereocenters. The van der Waals surface area contributed by atoms with Crippen molar-refractivity contribution in [3.63, 3.8) is 0 Å². The Morgan fingerprint density at radius 1 is 0.800 bits per heavy atom. The summed E-state index contributed by atoms with van der Waals surface area (Å²) in [6.07, 6.45) is 4.55. The van der Waals surface area contributed by atoms with E-state index in [2.05, 4.69) is 34.1 Å². The molecular formula is C24H32N2O4. The number of hydrogen-bond donors (Lipinski definition) is 1. The number of hydrogen-bond acceptors (Lipinski definition) is 5. The van der Waals surface area contributed by atoms with Crippen molar-refractivity contribution in [2.45, 2.75) is 25.7 Å². The standard InChI is InChI=1S/C24H32N2O4/c1-29-18-4-2-3-5-19-30-23-12-10-22(11-13-23)26-16-14-25(15-17-26)21-8-6-20(7-9-21)24(27)28/h6-13H,2-5,14-19H2,1H3,(H,27,28). The van der Waals surface area contributed by atoms with Gasteiger partial charge in [0.1, 0.15) is 5.75 Å². The highest BCUT2D eigenvalue weighted by Gasteiger charge is 2.18. The molecule has 0 atom stereocenters. The van der Waals surface area contributed by atoms with Crippen molar-refractivity contribution in [2.24, 2.45) is 0 Å². The van der Waals surface area contributed by atoms with E-state index in [-0.39, 0.29) is 0 Å². The molecule has 0 spiro atoms. The van der Waals surface area contributed by atoms with Gasteiger partial charge in [-0.25, -0.2) is 4.79 Å². The molecule has 1 saturated heterocycles. The maximum absolute atomic E-state index is 11.0. The first-order valence-corrected chi connectivity index (χ1v) is 10.7. The Labute approximate surface area is 179 Å². The SMILES string of the molecule is COCCCCCCOc1ccc(N2CCN(c3ccc(C(=O)O)cc3)CC2)cc1. The lowest BCUT2D eigenvalue weighted by Crippen LogP contribution is -2.46. The molecule has 0 radical (unpaired) electrons. The minimum Gasteiger partial charge on any atom is -0.494 e. The number of nitrogens with zero attached hydrogens (tertiary/aromatic N) is 2. The van der Waals surface area contributed by atoms with Crippen LogP contribution >= 0.6 is 0 Å². The van der Waals surface area contributed by atoms with E-state index in [9.17, 15) is 4.79 Å². The third-order valence-electron chi connectivity index (χ3n) is 5.47. The molecule has 6 nitrogen and oxygen atoms in total. The quantitative estimate of drug-likeness (QED) is 0.556. The van der Waals surface area contributed by atoms with Gasteiger partial charge in [-0.3, -0.25) is 0 Å². The van der Waals surface area contributed by atoms with Crippen LogP contribution in [0.4, 0.5) is 11.4 Å².